The molecule has 0 aliphatic rings. The van der Waals surface area contributed by atoms with Gasteiger partial charge in [0.2, 0.25) is 5.78 Å². The number of carbonyl (C=O) groups excluding carboxylic acids is 1. The third-order valence-electron chi connectivity index (χ3n) is 2.80. The molecule has 0 amide bonds. The highest BCUT2D eigenvalue weighted by Crippen LogP contribution is 2.30. The summed E-state index contributed by atoms with van der Waals surface area (Å²) in [5, 5.41) is 0. The van der Waals surface area contributed by atoms with Gasteiger partial charge in [0.15, 0.2) is 0 Å². The van der Waals surface area contributed by atoms with E-state index in [2.05, 4.69) is 0 Å². The highest BCUT2D eigenvalue weighted by molar-refractivity contribution is 6.12. The smallest absolute Gasteiger partial charge is 0.200 e. The monoisotopic (exact) mass is 257 g/mol. The van der Waals surface area contributed by atoms with Gasteiger partial charge in [-0.15, -0.1) is 0 Å². The number of anilines is 1. The van der Waals surface area contributed by atoms with Crippen LogP contribution in [0.4, 0.5) is 5.69 Å². The molecular weight excluding hydrogens is 242 g/mol. The summed E-state index contributed by atoms with van der Waals surface area (Å²) in [6.45, 7) is 0. The maximum Gasteiger partial charge on any atom is 0.200 e. The minimum absolute atomic E-state index is 0.179. The van der Waals surface area contributed by atoms with Crippen LogP contribution in [0.2, 0.25) is 0 Å². The van der Waals surface area contributed by atoms with Gasteiger partial charge in [-0.05, 0) is 24.3 Å². The van der Waals surface area contributed by atoms with Crippen LogP contribution < -0.4 is 15.2 Å². The Balaban J connectivity index is 2.55. The van der Waals surface area contributed by atoms with Crippen molar-refractivity contribution in [3.63, 3.8) is 0 Å². The Morgan fingerprint density at radius 3 is 2.11 bits per heavy atom. The van der Waals surface area contributed by atoms with E-state index in [1.165, 1.54) is 14.2 Å². The fraction of sp³-hybridized carbons (Fsp3) is 0.133. The maximum atomic E-state index is 12.5. The first-order valence-electron chi connectivity index (χ1n) is 5.78. The quantitative estimate of drug-likeness (QED) is 0.675. The van der Waals surface area contributed by atoms with E-state index in [9.17, 15) is 4.79 Å². The molecular formula is C15H15NO3. The van der Waals surface area contributed by atoms with E-state index in [1.807, 2.05) is 0 Å². The molecule has 2 aromatic rings. The zero-order valence-electron chi connectivity index (χ0n) is 10.8. The van der Waals surface area contributed by atoms with Crippen LogP contribution in [0.3, 0.4) is 0 Å². The summed E-state index contributed by atoms with van der Waals surface area (Å²) < 4.78 is 10.5. The minimum Gasteiger partial charge on any atom is -0.496 e. The normalized spacial score (nSPS) is 10.0. The van der Waals surface area contributed by atoms with E-state index in [4.69, 9.17) is 15.2 Å². The van der Waals surface area contributed by atoms with E-state index in [1.54, 1.807) is 42.5 Å². The lowest BCUT2D eigenvalue weighted by molar-refractivity contribution is 0.103. The van der Waals surface area contributed by atoms with E-state index < -0.39 is 0 Å². The molecule has 0 aromatic heterocycles. The molecule has 0 saturated heterocycles. The Morgan fingerprint density at radius 1 is 1.00 bits per heavy atom. The summed E-state index contributed by atoms with van der Waals surface area (Å²) in [5.41, 5.74) is 7.15. The number of nitrogens with two attached hydrogens (primary N) is 1. The first kappa shape index (κ1) is 13.0. The zero-order chi connectivity index (χ0) is 13.8. The fourth-order valence-corrected chi connectivity index (χ4v) is 1.90. The van der Waals surface area contributed by atoms with Gasteiger partial charge in [0.25, 0.3) is 0 Å². The third-order valence-corrected chi connectivity index (χ3v) is 2.80. The van der Waals surface area contributed by atoms with Crippen LogP contribution in [-0.4, -0.2) is 20.0 Å². The van der Waals surface area contributed by atoms with Gasteiger partial charge in [0.1, 0.15) is 17.1 Å². The standard InChI is InChI=1S/C15H15NO3/c1-18-12-7-4-8-13(19-2)14(12)15(17)10-5-3-6-11(16)9-10/h3-9H,16H2,1-2H3. The van der Waals surface area contributed by atoms with Gasteiger partial charge in [0.05, 0.1) is 14.2 Å². The van der Waals surface area contributed by atoms with Crippen molar-refractivity contribution in [2.45, 2.75) is 0 Å². The number of benzene rings is 2. The van der Waals surface area contributed by atoms with Crippen LogP contribution in [0.15, 0.2) is 42.5 Å². The topological polar surface area (TPSA) is 61.5 Å². The largest absolute Gasteiger partial charge is 0.496 e. The van der Waals surface area contributed by atoms with Crippen LogP contribution in [0.5, 0.6) is 11.5 Å². The molecule has 0 bridgehead atoms. The van der Waals surface area contributed by atoms with Crippen molar-refractivity contribution < 1.29 is 14.3 Å². The first-order chi connectivity index (χ1) is 9.17. The molecule has 0 aliphatic heterocycles. The predicted molar refractivity (Wildman–Crippen MR) is 73.8 cm³/mol. The van der Waals surface area contributed by atoms with Crippen LogP contribution in [-0.2, 0) is 0 Å². The lowest BCUT2D eigenvalue weighted by atomic mass is 10.0. The third kappa shape index (κ3) is 2.52. The van der Waals surface area contributed by atoms with Gasteiger partial charge in [0, 0.05) is 11.3 Å². The molecule has 2 N–H and O–H groups in total. The average Bonchev–Trinajstić information content (AvgIpc) is 2.45. The Labute approximate surface area is 111 Å². The van der Waals surface area contributed by atoms with Crippen molar-refractivity contribution in [2.75, 3.05) is 20.0 Å². The molecule has 19 heavy (non-hydrogen) atoms. The molecule has 0 unspecified atom stereocenters. The van der Waals surface area contributed by atoms with Crippen molar-refractivity contribution in [2.24, 2.45) is 0 Å². The fourth-order valence-electron chi connectivity index (χ4n) is 1.90. The van der Waals surface area contributed by atoms with E-state index in [-0.39, 0.29) is 5.78 Å². The van der Waals surface area contributed by atoms with Crippen molar-refractivity contribution in [1.29, 1.82) is 0 Å². The SMILES string of the molecule is COc1cccc(OC)c1C(=O)c1cccc(N)c1. The number of rotatable bonds is 4. The number of ether oxygens (including phenoxy) is 2. The molecule has 0 fully saturated rings. The Morgan fingerprint density at radius 2 is 1.58 bits per heavy atom. The predicted octanol–water partition coefficient (Wildman–Crippen LogP) is 2.52. The molecule has 4 heteroatoms. The van der Waals surface area contributed by atoms with Crippen molar-refractivity contribution in [3.05, 3.63) is 53.6 Å². The Kier molecular flexibility index (Phi) is 3.71. The molecule has 2 rings (SSSR count). The second-order valence-electron chi connectivity index (χ2n) is 3.99. The molecule has 0 saturated carbocycles. The van der Waals surface area contributed by atoms with E-state index >= 15 is 0 Å². The van der Waals surface area contributed by atoms with Crippen LogP contribution in [0.25, 0.3) is 0 Å². The molecule has 0 atom stereocenters. The Bertz CT molecular complexity index is 586. The molecule has 2 aromatic carbocycles. The van der Waals surface area contributed by atoms with Gasteiger partial charge in [-0.2, -0.15) is 0 Å². The number of methoxy groups -OCH3 is 2. The first-order valence-corrected chi connectivity index (χ1v) is 5.78. The van der Waals surface area contributed by atoms with Crippen LogP contribution >= 0.6 is 0 Å². The van der Waals surface area contributed by atoms with Crippen molar-refractivity contribution in [1.82, 2.24) is 0 Å². The number of hydrogen-bond donors (Lipinski definition) is 1. The van der Waals surface area contributed by atoms with Crippen LogP contribution in [0, 0.1) is 0 Å². The van der Waals surface area contributed by atoms with E-state index in [0.29, 0.717) is 28.3 Å². The summed E-state index contributed by atoms with van der Waals surface area (Å²) in [4.78, 5) is 12.5. The second kappa shape index (κ2) is 5.44. The van der Waals surface area contributed by atoms with Crippen molar-refractivity contribution in [3.8, 4) is 11.5 Å². The van der Waals surface area contributed by atoms with Gasteiger partial charge in [-0.25, -0.2) is 0 Å². The molecule has 0 spiro atoms. The van der Waals surface area contributed by atoms with Crippen molar-refractivity contribution >= 4 is 11.5 Å². The number of carbonyl (C=O) groups is 1. The number of nitrogen functional groups attached to an aromatic ring is 1. The minimum atomic E-state index is -0.179. The molecule has 0 heterocycles. The summed E-state index contributed by atoms with van der Waals surface area (Å²) in [5.74, 6) is 0.778. The lowest BCUT2D eigenvalue weighted by Gasteiger charge is -2.12. The number of hydrogen-bond acceptors (Lipinski definition) is 4. The highest BCUT2D eigenvalue weighted by atomic mass is 16.5. The van der Waals surface area contributed by atoms with Crippen LogP contribution in [0.1, 0.15) is 15.9 Å². The summed E-state index contributed by atoms with van der Waals surface area (Å²) in [6, 6.07) is 12.0. The molecule has 98 valence electrons. The average molecular weight is 257 g/mol. The zero-order valence-corrected chi connectivity index (χ0v) is 10.8. The molecule has 4 nitrogen and oxygen atoms in total. The summed E-state index contributed by atoms with van der Waals surface area (Å²) in [6.07, 6.45) is 0. The molecule has 0 radical (unpaired) electrons. The van der Waals surface area contributed by atoms with Gasteiger partial charge in [-0.3, -0.25) is 4.79 Å². The van der Waals surface area contributed by atoms with Gasteiger partial charge >= 0.3 is 0 Å². The number of ketones is 1. The second-order valence-corrected chi connectivity index (χ2v) is 3.99. The summed E-state index contributed by atoms with van der Waals surface area (Å²) in [7, 11) is 3.04. The maximum absolute atomic E-state index is 12.5. The summed E-state index contributed by atoms with van der Waals surface area (Å²) >= 11 is 0. The Hall–Kier alpha value is -2.49. The van der Waals surface area contributed by atoms with E-state index in [0.717, 1.165) is 0 Å². The van der Waals surface area contributed by atoms with Gasteiger partial charge in [-0.1, -0.05) is 18.2 Å². The van der Waals surface area contributed by atoms with Gasteiger partial charge < -0.3 is 15.2 Å². The highest BCUT2D eigenvalue weighted by Gasteiger charge is 2.19. The molecule has 0 aliphatic carbocycles. The lowest BCUT2D eigenvalue weighted by Crippen LogP contribution is -2.07.